The average Bonchev–Trinajstić information content (AvgIpc) is 2.95. The van der Waals surface area contributed by atoms with Crippen LogP contribution in [0.5, 0.6) is 11.8 Å². The van der Waals surface area contributed by atoms with Gasteiger partial charge in [-0.05, 0) is 41.8 Å². The molecule has 4 aromatic rings. The van der Waals surface area contributed by atoms with Gasteiger partial charge in [0, 0.05) is 24.2 Å². The molecule has 3 aromatic carbocycles. The highest BCUT2D eigenvalue weighted by Crippen LogP contribution is 2.46. The van der Waals surface area contributed by atoms with Gasteiger partial charge in [-0.3, -0.25) is 13.7 Å². The number of ether oxygens (including phenoxy) is 1. The highest BCUT2D eigenvalue weighted by Gasteiger charge is 2.27. The topological polar surface area (TPSA) is 317 Å². The number of aromatic hydroxyl groups is 2. The number of anilines is 4. The molecule has 0 bridgehead atoms. The van der Waals surface area contributed by atoms with Crippen molar-refractivity contribution >= 4 is 75.8 Å². The van der Waals surface area contributed by atoms with Crippen molar-refractivity contribution < 1.29 is 53.9 Å². The highest BCUT2D eigenvalue weighted by atomic mass is 32.2. The van der Waals surface area contributed by atoms with Crippen LogP contribution in [-0.2, 0) is 35.1 Å². The molecule has 20 nitrogen and oxygen atoms in total. The lowest BCUT2D eigenvalue weighted by atomic mass is 10.1. The first-order valence-corrected chi connectivity index (χ1v) is 16.9. The lowest BCUT2D eigenvalue weighted by molar-refractivity contribution is 0.122. The van der Waals surface area contributed by atoms with Crippen LogP contribution in [0.25, 0.3) is 10.8 Å². The minimum atomic E-state index is -5.26. The zero-order chi connectivity index (χ0) is 33.6. The number of azo groups is 1. The van der Waals surface area contributed by atoms with Crippen molar-refractivity contribution in [1.82, 2.24) is 15.0 Å². The standard InChI is InChI=1S/C23H22N8O12S3/c24-12-1-2-16(45(37,38)39)14(9-12)29-30-19-17(46(40,41)42)8-11-7-13(44(34,35)36)10-15(18(11)20(19)32)25-21-26-22(28-23(33)27-21)31-3-5-43-6-4-31/h1-2,7-10,32H,3-6,24H2,(H,34,35,36)(H,37,38,39)(H,40,41,42)(H2,25,26,27,28,33)/b30-29+. The molecule has 1 aliphatic rings. The molecule has 0 spiro atoms. The number of phenols is 1. The molecule has 0 unspecified atom stereocenters. The number of hydrogen-bond donors (Lipinski definition) is 7. The molecule has 5 rings (SSSR count). The number of fused-ring (bicyclic) bond motifs is 1. The second kappa shape index (κ2) is 11.9. The summed E-state index contributed by atoms with van der Waals surface area (Å²) in [5.41, 5.74) is 3.69. The fourth-order valence-corrected chi connectivity index (χ4v) is 6.17. The van der Waals surface area contributed by atoms with E-state index in [4.69, 9.17) is 10.5 Å². The second-order valence-corrected chi connectivity index (χ2v) is 13.7. The van der Waals surface area contributed by atoms with Gasteiger partial charge in [-0.1, -0.05) is 0 Å². The third kappa shape index (κ3) is 6.89. The molecule has 0 radical (unpaired) electrons. The number of nitrogens with zero attached hydrogens (tertiary/aromatic N) is 6. The van der Waals surface area contributed by atoms with Gasteiger partial charge in [0.25, 0.3) is 30.4 Å². The van der Waals surface area contributed by atoms with Crippen molar-refractivity contribution in [2.75, 3.05) is 42.3 Å². The van der Waals surface area contributed by atoms with Gasteiger partial charge in [0.2, 0.25) is 11.9 Å². The third-order valence-corrected chi connectivity index (χ3v) is 8.97. The van der Waals surface area contributed by atoms with E-state index in [0.29, 0.717) is 32.4 Å². The van der Waals surface area contributed by atoms with Crippen LogP contribution in [0.4, 0.5) is 34.6 Å². The Morgan fingerprint density at radius 2 is 1.50 bits per heavy atom. The smallest absolute Gasteiger partial charge is 0.320 e. The van der Waals surface area contributed by atoms with Crippen molar-refractivity contribution in [3.05, 3.63) is 36.4 Å². The van der Waals surface area contributed by atoms with E-state index in [1.807, 2.05) is 0 Å². The number of hydrogen-bond acceptors (Lipinski definition) is 17. The van der Waals surface area contributed by atoms with E-state index in [0.717, 1.165) is 30.3 Å². The Morgan fingerprint density at radius 3 is 2.13 bits per heavy atom. The van der Waals surface area contributed by atoms with Crippen molar-refractivity contribution in [3.8, 4) is 11.8 Å². The fourth-order valence-electron chi connectivity index (χ4n) is 4.37. The molecule has 2 heterocycles. The van der Waals surface area contributed by atoms with Crippen molar-refractivity contribution in [2.45, 2.75) is 14.7 Å². The monoisotopic (exact) mass is 698 g/mol. The van der Waals surface area contributed by atoms with Crippen molar-refractivity contribution in [1.29, 1.82) is 0 Å². The van der Waals surface area contributed by atoms with Crippen LogP contribution in [0.2, 0.25) is 0 Å². The van der Waals surface area contributed by atoms with Gasteiger partial charge in [0.15, 0.2) is 5.75 Å². The summed E-state index contributed by atoms with van der Waals surface area (Å²) in [4.78, 5) is 10.7. The number of nitrogen functional groups attached to an aromatic ring is 1. The van der Waals surface area contributed by atoms with Crippen LogP contribution in [-0.4, -0.2) is 90.4 Å². The van der Waals surface area contributed by atoms with Gasteiger partial charge in [-0.25, -0.2) is 0 Å². The maximum Gasteiger partial charge on any atom is 0.320 e. The van der Waals surface area contributed by atoms with Gasteiger partial charge in [-0.2, -0.15) is 40.2 Å². The Labute approximate surface area is 259 Å². The molecule has 1 aromatic heterocycles. The van der Waals surface area contributed by atoms with Crippen LogP contribution in [0.1, 0.15) is 0 Å². The molecule has 0 atom stereocenters. The number of aromatic nitrogens is 3. The lowest BCUT2D eigenvalue weighted by Crippen LogP contribution is -2.37. The van der Waals surface area contributed by atoms with Crippen LogP contribution < -0.4 is 16.0 Å². The Bertz CT molecular complexity index is 2240. The SMILES string of the molecule is Nc1ccc(S(=O)(=O)O)c(/N=N/c2c(S(=O)(=O)O)cc3cc(S(=O)(=O)O)cc(Nc4nc(O)nc(N5CCOCC5)n4)c3c2O)c1. The maximum atomic E-state index is 12.4. The third-order valence-electron chi connectivity index (χ3n) is 6.37. The largest absolute Gasteiger partial charge is 0.505 e. The lowest BCUT2D eigenvalue weighted by Gasteiger charge is -2.26. The summed E-state index contributed by atoms with van der Waals surface area (Å²) in [5, 5.41) is 30.5. The summed E-state index contributed by atoms with van der Waals surface area (Å²) in [7, 11) is -15.1. The van der Waals surface area contributed by atoms with Crippen LogP contribution in [0, 0.1) is 0 Å². The molecule has 23 heteroatoms. The number of nitrogens with two attached hydrogens (primary N) is 1. The van der Waals surface area contributed by atoms with Crippen LogP contribution >= 0.6 is 0 Å². The van der Waals surface area contributed by atoms with E-state index >= 15 is 0 Å². The molecule has 0 aliphatic carbocycles. The molecule has 0 saturated carbocycles. The zero-order valence-corrected chi connectivity index (χ0v) is 25.3. The number of rotatable bonds is 8. The summed E-state index contributed by atoms with van der Waals surface area (Å²) in [6.45, 7) is 1.37. The Morgan fingerprint density at radius 1 is 0.826 bits per heavy atom. The van der Waals surface area contributed by atoms with Gasteiger partial charge in [-0.15, -0.1) is 10.2 Å². The highest BCUT2D eigenvalue weighted by molar-refractivity contribution is 7.86. The van der Waals surface area contributed by atoms with Gasteiger partial charge in [0.05, 0.1) is 23.8 Å². The molecule has 46 heavy (non-hydrogen) atoms. The van der Waals surface area contributed by atoms with E-state index in [9.17, 15) is 49.1 Å². The molecular weight excluding hydrogens is 676 g/mol. The van der Waals surface area contributed by atoms with Crippen LogP contribution in [0.3, 0.4) is 0 Å². The van der Waals surface area contributed by atoms with E-state index in [1.54, 1.807) is 4.90 Å². The number of nitrogens with one attached hydrogen (secondary N) is 1. The number of phenolic OH excluding ortho intramolecular Hbond substituents is 1. The number of morpholine rings is 1. The predicted octanol–water partition coefficient (Wildman–Crippen LogP) is 1.75. The summed E-state index contributed by atoms with van der Waals surface area (Å²) < 4.78 is 107. The Hall–Kier alpha value is -4.78. The average molecular weight is 699 g/mol. The molecule has 1 aliphatic heterocycles. The first-order chi connectivity index (χ1) is 21.4. The first-order valence-electron chi connectivity index (χ1n) is 12.5. The van der Waals surface area contributed by atoms with Crippen molar-refractivity contribution in [3.63, 3.8) is 0 Å². The first kappa shape index (κ1) is 32.6. The normalized spacial score (nSPS) is 14.6. The van der Waals surface area contributed by atoms with E-state index < -0.39 is 73.6 Å². The Kier molecular flexibility index (Phi) is 8.41. The van der Waals surface area contributed by atoms with Gasteiger partial charge in [0.1, 0.15) is 21.2 Å². The minimum absolute atomic E-state index is 0.00214. The predicted molar refractivity (Wildman–Crippen MR) is 158 cm³/mol. The Balaban J connectivity index is 1.75. The van der Waals surface area contributed by atoms with E-state index in [1.165, 1.54) is 0 Å². The summed E-state index contributed by atoms with van der Waals surface area (Å²) in [6, 6.07) is 4.48. The zero-order valence-electron chi connectivity index (χ0n) is 22.9. The van der Waals surface area contributed by atoms with Gasteiger partial charge >= 0.3 is 6.01 Å². The van der Waals surface area contributed by atoms with E-state index in [-0.39, 0.29) is 28.7 Å². The second-order valence-electron chi connectivity index (χ2n) is 9.48. The molecule has 1 fully saturated rings. The molecule has 8 N–H and O–H groups in total. The molecular formula is C23H22N8O12S3. The van der Waals surface area contributed by atoms with Crippen LogP contribution in [0.15, 0.2) is 61.3 Å². The summed E-state index contributed by atoms with van der Waals surface area (Å²) in [6.07, 6.45) is 0. The van der Waals surface area contributed by atoms with Gasteiger partial charge < -0.3 is 30.9 Å². The molecule has 244 valence electrons. The maximum absolute atomic E-state index is 12.4. The van der Waals surface area contributed by atoms with Crippen molar-refractivity contribution in [2.24, 2.45) is 10.2 Å². The quantitative estimate of drug-likeness (QED) is 0.0782. The summed E-state index contributed by atoms with van der Waals surface area (Å²) >= 11 is 0. The molecule has 0 amide bonds. The number of benzene rings is 3. The van der Waals surface area contributed by atoms with E-state index in [2.05, 4.69) is 30.5 Å². The summed E-state index contributed by atoms with van der Waals surface area (Å²) in [5.74, 6) is -1.44. The molecule has 1 saturated heterocycles. The minimum Gasteiger partial charge on any atom is -0.505 e. The fraction of sp³-hybridized carbons (Fsp3) is 0.174.